The summed E-state index contributed by atoms with van der Waals surface area (Å²) >= 11 is 0. The Kier molecular flexibility index (Phi) is 4.66. The number of carbonyl (C=O) groups is 2. The van der Waals surface area contributed by atoms with Gasteiger partial charge in [0.05, 0.1) is 12.6 Å². The Morgan fingerprint density at radius 3 is 2.78 bits per heavy atom. The van der Waals surface area contributed by atoms with Gasteiger partial charge in [-0.3, -0.25) is 14.5 Å². The molecule has 23 heavy (non-hydrogen) atoms. The monoisotopic (exact) mass is 315 g/mol. The standard InChI is InChI=1S/C18H25N3O2/c1-13-9-10-14-6-2-3-7-15(14)21(13)17(22)12-20-11-5-4-8-16(20)18(19)23/h2-3,6-7,13,16H,4-5,8-12H2,1H3,(H2,19,23). The van der Waals surface area contributed by atoms with E-state index >= 15 is 0 Å². The van der Waals surface area contributed by atoms with E-state index in [0.29, 0.717) is 0 Å². The minimum absolute atomic E-state index is 0.0674. The number of aryl methyl sites for hydroxylation is 1. The number of amides is 2. The number of piperidine rings is 1. The zero-order valence-corrected chi connectivity index (χ0v) is 13.7. The Bertz CT molecular complexity index is 602. The normalized spacial score (nSPS) is 25.0. The van der Waals surface area contributed by atoms with Crippen molar-refractivity contribution in [2.24, 2.45) is 5.73 Å². The van der Waals surface area contributed by atoms with Crippen LogP contribution in [0.1, 0.15) is 38.2 Å². The van der Waals surface area contributed by atoms with Crippen LogP contribution < -0.4 is 10.6 Å². The van der Waals surface area contributed by atoms with Crippen LogP contribution in [0.2, 0.25) is 0 Å². The predicted octanol–water partition coefficient (Wildman–Crippen LogP) is 1.69. The van der Waals surface area contributed by atoms with E-state index in [0.717, 1.165) is 44.3 Å². The summed E-state index contributed by atoms with van der Waals surface area (Å²) in [5, 5.41) is 0. The van der Waals surface area contributed by atoms with Gasteiger partial charge in [0.2, 0.25) is 11.8 Å². The van der Waals surface area contributed by atoms with Crippen LogP contribution in [0.15, 0.2) is 24.3 Å². The second kappa shape index (κ2) is 6.71. The average molecular weight is 315 g/mol. The number of primary amides is 1. The minimum Gasteiger partial charge on any atom is -0.368 e. The Labute approximate surface area is 137 Å². The topological polar surface area (TPSA) is 66.6 Å². The number of hydrogen-bond donors (Lipinski definition) is 1. The van der Waals surface area contributed by atoms with E-state index in [1.165, 1.54) is 5.56 Å². The molecule has 3 rings (SSSR count). The largest absolute Gasteiger partial charge is 0.368 e. The number of fused-ring (bicyclic) bond motifs is 1. The molecule has 2 aliphatic heterocycles. The Morgan fingerprint density at radius 2 is 2.00 bits per heavy atom. The number of hydrogen-bond acceptors (Lipinski definition) is 3. The smallest absolute Gasteiger partial charge is 0.241 e. The number of anilines is 1. The number of likely N-dealkylation sites (tertiary alicyclic amines) is 1. The lowest BCUT2D eigenvalue weighted by molar-refractivity contribution is -0.127. The zero-order valence-electron chi connectivity index (χ0n) is 13.7. The lowest BCUT2D eigenvalue weighted by Gasteiger charge is -2.39. The van der Waals surface area contributed by atoms with Gasteiger partial charge in [-0.1, -0.05) is 24.6 Å². The molecule has 2 N–H and O–H groups in total. The molecule has 0 bridgehead atoms. The summed E-state index contributed by atoms with van der Waals surface area (Å²) in [5.41, 5.74) is 7.75. The molecule has 5 heteroatoms. The third-order valence-electron chi connectivity index (χ3n) is 5.07. The first-order chi connectivity index (χ1) is 11.1. The highest BCUT2D eigenvalue weighted by Gasteiger charge is 2.33. The molecule has 2 heterocycles. The van der Waals surface area contributed by atoms with Gasteiger partial charge in [0.15, 0.2) is 0 Å². The van der Waals surface area contributed by atoms with Crippen molar-refractivity contribution in [1.29, 1.82) is 0 Å². The van der Waals surface area contributed by atoms with Gasteiger partial charge in [0.25, 0.3) is 0 Å². The van der Waals surface area contributed by atoms with Gasteiger partial charge in [-0.05, 0) is 50.8 Å². The summed E-state index contributed by atoms with van der Waals surface area (Å²) in [4.78, 5) is 28.4. The predicted molar refractivity (Wildman–Crippen MR) is 90.1 cm³/mol. The van der Waals surface area contributed by atoms with Crippen LogP contribution >= 0.6 is 0 Å². The van der Waals surface area contributed by atoms with Crippen LogP contribution in [0, 0.1) is 0 Å². The van der Waals surface area contributed by atoms with Gasteiger partial charge >= 0.3 is 0 Å². The molecule has 2 atom stereocenters. The molecule has 1 aromatic carbocycles. The molecule has 5 nitrogen and oxygen atoms in total. The fourth-order valence-corrected chi connectivity index (χ4v) is 3.82. The van der Waals surface area contributed by atoms with Gasteiger partial charge in [-0.25, -0.2) is 0 Å². The van der Waals surface area contributed by atoms with Crippen molar-refractivity contribution < 1.29 is 9.59 Å². The SMILES string of the molecule is CC1CCc2ccccc2N1C(=O)CN1CCCCC1C(N)=O. The van der Waals surface area contributed by atoms with E-state index in [-0.39, 0.29) is 30.4 Å². The maximum absolute atomic E-state index is 12.9. The molecular formula is C18H25N3O2. The highest BCUT2D eigenvalue weighted by Crippen LogP contribution is 2.31. The highest BCUT2D eigenvalue weighted by molar-refractivity contribution is 5.97. The zero-order chi connectivity index (χ0) is 16.4. The number of nitrogens with zero attached hydrogens (tertiary/aromatic N) is 2. The molecule has 1 fully saturated rings. The summed E-state index contributed by atoms with van der Waals surface area (Å²) in [7, 11) is 0. The molecule has 0 saturated carbocycles. The number of rotatable bonds is 3. The fourth-order valence-electron chi connectivity index (χ4n) is 3.82. The van der Waals surface area contributed by atoms with E-state index < -0.39 is 0 Å². The van der Waals surface area contributed by atoms with Crippen molar-refractivity contribution in [2.45, 2.75) is 51.1 Å². The summed E-state index contributed by atoms with van der Waals surface area (Å²) in [6, 6.07) is 7.99. The second-order valence-electron chi connectivity index (χ2n) is 6.66. The summed E-state index contributed by atoms with van der Waals surface area (Å²) in [5.74, 6) is -0.248. The first-order valence-electron chi connectivity index (χ1n) is 8.51. The fraction of sp³-hybridized carbons (Fsp3) is 0.556. The quantitative estimate of drug-likeness (QED) is 0.923. The Hall–Kier alpha value is -1.88. The number of carbonyl (C=O) groups excluding carboxylic acids is 2. The summed E-state index contributed by atoms with van der Waals surface area (Å²) in [6.45, 7) is 3.13. The summed E-state index contributed by atoms with van der Waals surface area (Å²) in [6.07, 6.45) is 4.76. The average Bonchev–Trinajstić information content (AvgIpc) is 2.54. The van der Waals surface area contributed by atoms with Gasteiger partial charge < -0.3 is 10.6 Å². The third-order valence-corrected chi connectivity index (χ3v) is 5.07. The first-order valence-corrected chi connectivity index (χ1v) is 8.51. The number of benzene rings is 1. The highest BCUT2D eigenvalue weighted by atomic mass is 16.2. The molecule has 2 unspecified atom stereocenters. The van der Waals surface area contributed by atoms with E-state index in [2.05, 4.69) is 13.0 Å². The van der Waals surface area contributed by atoms with E-state index in [9.17, 15) is 9.59 Å². The molecule has 0 aromatic heterocycles. The second-order valence-corrected chi connectivity index (χ2v) is 6.66. The van der Waals surface area contributed by atoms with Crippen LogP contribution in [0.3, 0.4) is 0 Å². The third kappa shape index (κ3) is 3.24. The van der Waals surface area contributed by atoms with Crippen molar-refractivity contribution in [1.82, 2.24) is 4.90 Å². The van der Waals surface area contributed by atoms with E-state index in [4.69, 9.17) is 5.73 Å². The Morgan fingerprint density at radius 1 is 1.22 bits per heavy atom. The van der Waals surface area contributed by atoms with Gasteiger partial charge in [-0.15, -0.1) is 0 Å². The lowest BCUT2D eigenvalue weighted by atomic mass is 9.96. The van der Waals surface area contributed by atoms with Gasteiger partial charge in [-0.2, -0.15) is 0 Å². The molecule has 2 aliphatic rings. The Balaban J connectivity index is 1.78. The minimum atomic E-state index is -0.315. The van der Waals surface area contributed by atoms with E-state index in [1.54, 1.807) is 0 Å². The van der Waals surface area contributed by atoms with Crippen LogP contribution in [-0.4, -0.2) is 41.9 Å². The van der Waals surface area contributed by atoms with Crippen molar-refractivity contribution in [3.05, 3.63) is 29.8 Å². The molecule has 0 radical (unpaired) electrons. The first kappa shape index (κ1) is 16.0. The molecule has 2 amide bonds. The van der Waals surface area contributed by atoms with Crippen molar-refractivity contribution in [3.63, 3.8) is 0 Å². The maximum atomic E-state index is 12.9. The van der Waals surface area contributed by atoms with Crippen molar-refractivity contribution in [3.8, 4) is 0 Å². The van der Waals surface area contributed by atoms with Crippen LogP contribution in [0.4, 0.5) is 5.69 Å². The molecular weight excluding hydrogens is 290 g/mol. The van der Waals surface area contributed by atoms with Crippen LogP contribution in [-0.2, 0) is 16.0 Å². The molecule has 124 valence electrons. The van der Waals surface area contributed by atoms with Crippen molar-refractivity contribution >= 4 is 17.5 Å². The lowest BCUT2D eigenvalue weighted by Crippen LogP contribution is -2.53. The molecule has 0 aliphatic carbocycles. The van der Waals surface area contributed by atoms with Gasteiger partial charge in [0.1, 0.15) is 0 Å². The van der Waals surface area contributed by atoms with E-state index in [1.807, 2.05) is 28.0 Å². The molecule has 1 saturated heterocycles. The van der Waals surface area contributed by atoms with Gasteiger partial charge in [0, 0.05) is 11.7 Å². The number of para-hydroxylation sites is 1. The summed E-state index contributed by atoms with van der Waals surface area (Å²) < 4.78 is 0. The number of nitrogens with two attached hydrogens (primary N) is 1. The van der Waals surface area contributed by atoms with Crippen LogP contribution in [0.25, 0.3) is 0 Å². The van der Waals surface area contributed by atoms with Crippen LogP contribution in [0.5, 0.6) is 0 Å². The van der Waals surface area contributed by atoms with Crippen molar-refractivity contribution in [2.75, 3.05) is 18.0 Å². The molecule has 1 aromatic rings. The molecule has 0 spiro atoms. The maximum Gasteiger partial charge on any atom is 0.241 e.